The summed E-state index contributed by atoms with van der Waals surface area (Å²) < 4.78 is 1.73. The quantitative estimate of drug-likeness (QED) is 0.526. The van der Waals surface area contributed by atoms with Crippen molar-refractivity contribution in [3.05, 3.63) is 23.4 Å². The Labute approximate surface area is 155 Å². The van der Waals surface area contributed by atoms with E-state index >= 15 is 0 Å². The number of amides is 2. The number of anilines is 2. The van der Waals surface area contributed by atoms with Crippen molar-refractivity contribution >= 4 is 35.2 Å². The average molecular weight is 368 g/mol. The van der Waals surface area contributed by atoms with Gasteiger partial charge in [0.1, 0.15) is 11.6 Å². The molecule has 1 aliphatic carbocycles. The van der Waals surface area contributed by atoms with Gasteiger partial charge in [0.2, 0.25) is 5.91 Å². The van der Waals surface area contributed by atoms with E-state index in [9.17, 15) is 14.7 Å². The number of rotatable bonds is 4. The van der Waals surface area contributed by atoms with Crippen LogP contribution in [0.2, 0.25) is 0 Å². The topological polar surface area (TPSA) is 112 Å². The Morgan fingerprint density at radius 3 is 2.81 bits per heavy atom. The Morgan fingerprint density at radius 1 is 1.30 bits per heavy atom. The lowest BCUT2D eigenvalue weighted by Crippen LogP contribution is -2.23. The summed E-state index contributed by atoms with van der Waals surface area (Å²) in [6.45, 7) is 1.29. The summed E-state index contributed by atoms with van der Waals surface area (Å²) in [7, 11) is 0. The Kier molecular flexibility index (Phi) is 3.64. The van der Waals surface area contributed by atoms with Gasteiger partial charge in [0.15, 0.2) is 5.65 Å². The number of carbonyl (C=O) groups is 2. The van der Waals surface area contributed by atoms with Crippen LogP contribution in [0.15, 0.2) is 17.8 Å². The highest BCUT2D eigenvalue weighted by Gasteiger charge is 2.27. The molecule has 0 unspecified atom stereocenters. The molecule has 1 atom stereocenters. The molecule has 0 radical (unpaired) electrons. The first-order chi connectivity index (χ1) is 13.1. The normalized spacial score (nSPS) is 24.3. The number of imide groups is 1. The highest BCUT2D eigenvalue weighted by Crippen LogP contribution is 2.30. The van der Waals surface area contributed by atoms with E-state index in [1.165, 1.54) is 0 Å². The van der Waals surface area contributed by atoms with E-state index in [0.717, 1.165) is 37.4 Å². The van der Waals surface area contributed by atoms with Crippen molar-refractivity contribution in [1.82, 2.24) is 19.9 Å². The van der Waals surface area contributed by atoms with E-state index in [4.69, 9.17) is 4.98 Å². The van der Waals surface area contributed by atoms with Gasteiger partial charge in [0.25, 0.3) is 5.91 Å². The Hall–Kier alpha value is -2.94. The Morgan fingerprint density at radius 2 is 2.15 bits per heavy atom. The van der Waals surface area contributed by atoms with Crippen LogP contribution in [0.1, 0.15) is 31.2 Å². The number of carbonyl (C=O) groups excluding carboxylic acids is 2. The fourth-order valence-electron chi connectivity index (χ4n) is 3.53. The third kappa shape index (κ3) is 3.03. The third-order valence-corrected chi connectivity index (χ3v) is 5.13. The Bertz CT molecular complexity index is 977. The molecule has 1 saturated carbocycles. The third-order valence-electron chi connectivity index (χ3n) is 5.13. The predicted octanol–water partition coefficient (Wildman–Crippen LogP) is 0.304. The highest BCUT2D eigenvalue weighted by atomic mass is 16.3. The molecule has 0 aromatic carbocycles. The number of hydrogen-bond acceptors (Lipinski definition) is 7. The van der Waals surface area contributed by atoms with Gasteiger partial charge in [-0.1, -0.05) is 0 Å². The first-order valence-corrected chi connectivity index (χ1v) is 9.20. The number of fused-ring (bicyclic) bond motifs is 1. The molecule has 2 aromatic rings. The van der Waals surface area contributed by atoms with Crippen LogP contribution in [0.25, 0.3) is 11.7 Å². The van der Waals surface area contributed by atoms with E-state index < -0.39 is 0 Å². The zero-order valence-electron chi connectivity index (χ0n) is 14.7. The molecule has 9 nitrogen and oxygen atoms in total. The largest absolute Gasteiger partial charge is 0.391 e. The first-order valence-electron chi connectivity index (χ1n) is 9.20. The van der Waals surface area contributed by atoms with Gasteiger partial charge in [-0.2, -0.15) is 9.61 Å². The van der Waals surface area contributed by atoms with Gasteiger partial charge < -0.3 is 15.3 Å². The van der Waals surface area contributed by atoms with E-state index in [2.05, 4.69) is 20.6 Å². The molecule has 5 rings (SSSR count). The van der Waals surface area contributed by atoms with Crippen molar-refractivity contribution in [2.24, 2.45) is 0 Å². The molecule has 140 valence electrons. The minimum atomic E-state index is -0.366. The summed E-state index contributed by atoms with van der Waals surface area (Å²) >= 11 is 0. The molecule has 2 amide bonds. The van der Waals surface area contributed by atoms with Gasteiger partial charge in [0.05, 0.1) is 18.7 Å². The standard InChI is InChI=1S/C18H20N6O3/c25-13-3-4-23(9-13)14-7-15(20-12-1-2-12)24-17(21-14)11(8-19-24)5-10-6-16(26)22-18(10)27/h5,7-8,12-13,20,25H,1-4,6,9H2,(H,22,26,27)/b10-5+/t13-/m0/s1. The number of nitrogens with zero attached hydrogens (tertiary/aromatic N) is 4. The molecule has 2 saturated heterocycles. The van der Waals surface area contributed by atoms with Crippen LogP contribution >= 0.6 is 0 Å². The molecular weight excluding hydrogens is 348 g/mol. The van der Waals surface area contributed by atoms with E-state index in [1.807, 2.05) is 6.07 Å². The predicted molar refractivity (Wildman–Crippen MR) is 98.2 cm³/mol. The van der Waals surface area contributed by atoms with Crippen LogP contribution in [0.5, 0.6) is 0 Å². The van der Waals surface area contributed by atoms with E-state index in [0.29, 0.717) is 29.4 Å². The number of aromatic nitrogens is 3. The molecule has 0 spiro atoms. The maximum Gasteiger partial charge on any atom is 0.254 e. The van der Waals surface area contributed by atoms with Crippen molar-refractivity contribution in [3.8, 4) is 0 Å². The zero-order valence-corrected chi connectivity index (χ0v) is 14.7. The molecule has 2 aliphatic heterocycles. The lowest BCUT2D eigenvalue weighted by Gasteiger charge is -2.18. The second kappa shape index (κ2) is 6.05. The average Bonchev–Trinajstić information content (AvgIpc) is 3.04. The van der Waals surface area contributed by atoms with Crippen molar-refractivity contribution in [3.63, 3.8) is 0 Å². The summed E-state index contributed by atoms with van der Waals surface area (Å²) in [4.78, 5) is 30.1. The van der Waals surface area contributed by atoms with Gasteiger partial charge in [0, 0.05) is 36.3 Å². The summed E-state index contributed by atoms with van der Waals surface area (Å²) in [6.07, 6.45) is 6.04. The molecule has 4 heterocycles. The molecule has 3 aliphatic rings. The van der Waals surface area contributed by atoms with Crippen LogP contribution in [0.3, 0.4) is 0 Å². The van der Waals surface area contributed by atoms with Crippen molar-refractivity contribution in [1.29, 1.82) is 0 Å². The van der Waals surface area contributed by atoms with Crippen molar-refractivity contribution in [2.45, 2.75) is 37.8 Å². The van der Waals surface area contributed by atoms with Gasteiger partial charge in [-0.05, 0) is 25.3 Å². The smallest absolute Gasteiger partial charge is 0.254 e. The minimum Gasteiger partial charge on any atom is -0.391 e. The zero-order chi connectivity index (χ0) is 18.5. The summed E-state index contributed by atoms with van der Waals surface area (Å²) in [5.41, 5.74) is 1.72. The number of aliphatic hydroxyl groups excluding tert-OH is 1. The van der Waals surface area contributed by atoms with Gasteiger partial charge in [-0.25, -0.2) is 4.98 Å². The van der Waals surface area contributed by atoms with Crippen molar-refractivity contribution in [2.75, 3.05) is 23.3 Å². The second-order valence-corrected chi connectivity index (χ2v) is 7.37. The van der Waals surface area contributed by atoms with Crippen LogP contribution in [-0.4, -0.2) is 56.8 Å². The van der Waals surface area contributed by atoms with Gasteiger partial charge in [-0.15, -0.1) is 0 Å². The molecule has 2 aromatic heterocycles. The molecule has 0 bridgehead atoms. The second-order valence-electron chi connectivity index (χ2n) is 7.37. The van der Waals surface area contributed by atoms with Crippen LogP contribution < -0.4 is 15.5 Å². The van der Waals surface area contributed by atoms with E-state index in [-0.39, 0.29) is 24.3 Å². The van der Waals surface area contributed by atoms with E-state index in [1.54, 1.807) is 16.8 Å². The molecular formula is C18H20N6O3. The first kappa shape index (κ1) is 16.2. The molecule has 3 fully saturated rings. The number of hydrogen-bond donors (Lipinski definition) is 3. The molecule has 9 heteroatoms. The fraction of sp³-hybridized carbons (Fsp3) is 0.444. The lowest BCUT2D eigenvalue weighted by atomic mass is 10.1. The van der Waals surface area contributed by atoms with Crippen LogP contribution in [0, 0.1) is 0 Å². The minimum absolute atomic E-state index is 0.0708. The lowest BCUT2D eigenvalue weighted by molar-refractivity contribution is -0.124. The monoisotopic (exact) mass is 368 g/mol. The van der Waals surface area contributed by atoms with Gasteiger partial charge >= 0.3 is 0 Å². The maximum atomic E-state index is 11.9. The number of aliphatic hydroxyl groups is 1. The maximum absolute atomic E-state index is 11.9. The van der Waals surface area contributed by atoms with Crippen molar-refractivity contribution < 1.29 is 14.7 Å². The summed E-state index contributed by atoms with van der Waals surface area (Å²) in [6, 6.07) is 2.40. The highest BCUT2D eigenvalue weighted by molar-refractivity contribution is 6.15. The summed E-state index contributed by atoms with van der Waals surface area (Å²) in [5, 5.41) is 20.1. The summed E-state index contributed by atoms with van der Waals surface area (Å²) in [5.74, 6) is 0.956. The molecule has 27 heavy (non-hydrogen) atoms. The number of β-amino-alcohol motifs (C(OH)–C–C–N with tert-alkyl or cyclic N) is 1. The number of nitrogens with one attached hydrogen (secondary N) is 2. The SMILES string of the molecule is O=C1C/C(=C\c2cnn3c(NC4CC4)cc(N4CC[C@H](O)C4)nc23)C(=O)N1. The van der Waals surface area contributed by atoms with Crippen LogP contribution in [-0.2, 0) is 9.59 Å². The Balaban J connectivity index is 1.59. The fourth-order valence-corrected chi connectivity index (χ4v) is 3.53. The molecule has 3 N–H and O–H groups in total. The van der Waals surface area contributed by atoms with Gasteiger partial charge in [-0.3, -0.25) is 14.9 Å². The van der Waals surface area contributed by atoms with Crippen LogP contribution in [0.4, 0.5) is 11.6 Å².